The van der Waals surface area contributed by atoms with Gasteiger partial charge in [-0.25, -0.2) is 5.48 Å². The highest BCUT2D eigenvalue weighted by Gasteiger charge is 2.05. The molecule has 4 heteroatoms. The molecule has 0 heterocycles. The van der Waals surface area contributed by atoms with Gasteiger partial charge in [0.15, 0.2) is 0 Å². The first kappa shape index (κ1) is 14.1. The van der Waals surface area contributed by atoms with Crippen molar-refractivity contribution in [2.75, 3.05) is 5.75 Å². The monoisotopic (exact) mass is 253 g/mol. The topological polar surface area (TPSA) is 49.3 Å². The van der Waals surface area contributed by atoms with Crippen LogP contribution in [0.3, 0.4) is 0 Å². The fraction of sp³-hybridized carbons (Fsp3) is 0.462. The third-order valence-electron chi connectivity index (χ3n) is 2.44. The number of carbonyl (C=O) groups is 1. The lowest BCUT2D eigenvalue weighted by Gasteiger charge is -2.10. The number of rotatable bonds is 5. The lowest BCUT2D eigenvalue weighted by molar-refractivity contribution is -0.126. The number of nitrogens with one attached hydrogen (secondary N) is 1. The molecule has 0 atom stereocenters. The molecule has 0 aromatic heterocycles. The van der Waals surface area contributed by atoms with Crippen molar-refractivity contribution < 1.29 is 10.0 Å². The second-order valence-electron chi connectivity index (χ2n) is 4.51. The number of aryl methyl sites for hydroxylation is 1. The first-order valence-corrected chi connectivity index (χ1v) is 6.66. The number of amides is 1. The average Bonchev–Trinajstić information content (AvgIpc) is 2.28. The second-order valence-corrected chi connectivity index (χ2v) is 5.56. The van der Waals surface area contributed by atoms with Crippen molar-refractivity contribution in [2.24, 2.45) is 5.92 Å². The Kier molecular flexibility index (Phi) is 5.51. The summed E-state index contributed by atoms with van der Waals surface area (Å²) in [5.41, 5.74) is 4.24. The molecule has 0 unspecified atom stereocenters. The quantitative estimate of drug-likeness (QED) is 0.482. The molecule has 3 nitrogen and oxygen atoms in total. The van der Waals surface area contributed by atoms with E-state index in [0.717, 1.165) is 11.3 Å². The van der Waals surface area contributed by atoms with Crippen LogP contribution in [0.25, 0.3) is 0 Å². The van der Waals surface area contributed by atoms with Gasteiger partial charge in [-0.15, -0.1) is 11.8 Å². The second kappa shape index (κ2) is 6.67. The van der Waals surface area contributed by atoms with Crippen LogP contribution in [0.15, 0.2) is 23.1 Å². The molecule has 1 amide bonds. The van der Waals surface area contributed by atoms with E-state index in [-0.39, 0.29) is 11.7 Å². The Balaban J connectivity index is 2.65. The van der Waals surface area contributed by atoms with Crippen molar-refractivity contribution >= 4 is 17.7 Å². The minimum Gasteiger partial charge on any atom is -0.289 e. The van der Waals surface area contributed by atoms with Crippen LogP contribution in [0.1, 0.15) is 25.0 Å². The van der Waals surface area contributed by atoms with E-state index in [9.17, 15) is 4.79 Å². The van der Waals surface area contributed by atoms with E-state index in [1.54, 1.807) is 5.48 Å². The maximum absolute atomic E-state index is 10.9. The first-order chi connectivity index (χ1) is 8.02. The van der Waals surface area contributed by atoms with Crippen LogP contribution in [0.2, 0.25) is 0 Å². The Bertz CT molecular complexity index is 391. The van der Waals surface area contributed by atoms with Gasteiger partial charge in [-0.1, -0.05) is 19.9 Å². The van der Waals surface area contributed by atoms with Gasteiger partial charge in [0, 0.05) is 4.90 Å². The van der Waals surface area contributed by atoms with Crippen LogP contribution in [-0.2, 0) is 11.2 Å². The van der Waals surface area contributed by atoms with Crippen LogP contribution in [0, 0.1) is 12.8 Å². The summed E-state index contributed by atoms with van der Waals surface area (Å²) in [6, 6.07) is 6.24. The number of benzene rings is 1. The Morgan fingerprint density at radius 3 is 2.71 bits per heavy atom. The highest BCUT2D eigenvalue weighted by Crippen LogP contribution is 2.22. The molecule has 0 fully saturated rings. The summed E-state index contributed by atoms with van der Waals surface area (Å²) >= 11 is 1.42. The van der Waals surface area contributed by atoms with E-state index in [2.05, 4.69) is 32.9 Å². The molecule has 0 aliphatic rings. The zero-order valence-electron chi connectivity index (χ0n) is 10.5. The predicted octanol–water partition coefficient (Wildman–Crippen LogP) is 2.79. The third-order valence-corrected chi connectivity index (χ3v) is 3.43. The fourth-order valence-corrected chi connectivity index (χ4v) is 2.39. The largest absolute Gasteiger partial charge is 0.289 e. The highest BCUT2D eigenvalue weighted by atomic mass is 32.2. The first-order valence-electron chi connectivity index (χ1n) is 5.68. The van der Waals surface area contributed by atoms with Gasteiger partial charge < -0.3 is 0 Å². The van der Waals surface area contributed by atoms with E-state index < -0.39 is 0 Å². The van der Waals surface area contributed by atoms with Gasteiger partial charge >= 0.3 is 0 Å². The van der Waals surface area contributed by atoms with Crippen molar-refractivity contribution in [3.63, 3.8) is 0 Å². The van der Waals surface area contributed by atoms with E-state index in [1.165, 1.54) is 22.9 Å². The molecule has 0 bridgehead atoms. The average molecular weight is 253 g/mol. The highest BCUT2D eigenvalue weighted by molar-refractivity contribution is 8.00. The normalized spacial score (nSPS) is 10.6. The summed E-state index contributed by atoms with van der Waals surface area (Å²) in [6.45, 7) is 6.50. The summed E-state index contributed by atoms with van der Waals surface area (Å²) in [6.07, 6.45) is 1.08. The van der Waals surface area contributed by atoms with Crippen molar-refractivity contribution in [1.82, 2.24) is 5.48 Å². The minimum absolute atomic E-state index is 0.236. The summed E-state index contributed by atoms with van der Waals surface area (Å²) in [4.78, 5) is 12.0. The number of hydrogen-bond donors (Lipinski definition) is 2. The summed E-state index contributed by atoms with van der Waals surface area (Å²) in [5.74, 6) is 0.505. The predicted molar refractivity (Wildman–Crippen MR) is 70.4 cm³/mol. The van der Waals surface area contributed by atoms with Gasteiger partial charge in [0.2, 0.25) is 0 Å². The molecule has 1 aromatic rings. The van der Waals surface area contributed by atoms with Crippen molar-refractivity contribution in [3.8, 4) is 0 Å². The summed E-state index contributed by atoms with van der Waals surface area (Å²) < 4.78 is 0. The number of thioether (sulfide) groups is 1. The number of hydroxylamine groups is 1. The molecule has 2 N–H and O–H groups in total. The molecular weight excluding hydrogens is 234 g/mol. The SMILES string of the molecule is Cc1cc(SCC(=O)NO)ccc1CC(C)C. The van der Waals surface area contributed by atoms with E-state index in [1.807, 2.05) is 6.07 Å². The molecular formula is C13H19NO2S. The molecule has 0 aliphatic heterocycles. The Morgan fingerprint density at radius 2 is 2.18 bits per heavy atom. The van der Waals surface area contributed by atoms with Gasteiger partial charge in [0.1, 0.15) is 0 Å². The van der Waals surface area contributed by atoms with Gasteiger partial charge in [0.05, 0.1) is 5.75 Å². The minimum atomic E-state index is -0.376. The number of carbonyl (C=O) groups excluding carboxylic acids is 1. The molecule has 0 saturated carbocycles. The van der Waals surface area contributed by atoms with Crippen molar-refractivity contribution in [1.29, 1.82) is 0 Å². The fourth-order valence-electron chi connectivity index (χ4n) is 1.61. The molecule has 0 aliphatic carbocycles. The lowest BCUT2D eigenvalue weighted by atomic mass is 9.99. The van der Waals surface area contributed by atoms with Crippen LogP contribution in [-0.4, -0.2) is 16.9 Å². The van der Waals surface area contributed by atoms with Gasteiger partial charge in [0.25, 0.3) is 5.91 Å². The lowest BCUT2D eigenvalue weighted by Crippen LogP contribution is -2.20. The molecule has 1 rings (SSSR count). The standard InChI is InChI=1S/C13H19NO2S/c1-9(2)6-11-4-5-12(7-10(11)3)17-8-13(15)14-16/h4-5,7,9,16H,6,8H2,1-3H3,(H,14,15). The molecule has 0 spiro atoms. The summed E-state index contributed by atoms with van der Waals surface area (Å²) in [5, 5.41) is 8.40. The number of hydrogen-bond acceptors (Lipinski definition) is 3. The molecule has 0 radical (unpaired) electrons. The van der Waals surface area contributed by atoms with E-state index in [4.69, 9.17) is 5.21 Å². The zero-order chi connectivity index (χ0) is 12.8. The Morgan fingerprint density at radius 1 is 1.47 bits per heavy atom. The van der Waals surface area contributed by atoms with Crippen molar-refractivity contribution in [3.05, 3.63) is 29.3 Å². The smallest absolute Gasteiger partial charge is 0.253 e. The van der Waals surface area contributed by atoms with Gasteiger partial charge in [-0.05, 0) is 42.5 Å². The van der Waals surface area contributed by atoms with Crippen LogP contribution >= 0.6 is 11.8 Å². The third kappa shape index (κ3) is 4.79. The zero-order valence-corrected chi connectivity index (χ0v) is 11.3. The maximum atomic E-state index is 10.9. The van der Waals surface area contributed by atoms with Crippen LogP contribution < -0.4 is 5.48 Å². The van der Waals surface area contributed by atoms with Gasteiger partial charge in [-0.2, -0.15) is 0 Å². The van der Waals surface area contributed by atoms with Crippen LogP contribution in [0.5, 0.6) is 0 Å². The Hall–Kier alpha value is -1.00. The van der Waals surface area contributed by atoms with Crippen molar-refractivity contribution in [2.45, 2.75) is 32.1 Å². The molecule has 0 saturated heterocycles. The Labute approximate surface area is 107 Å². The molecule has 17 heavy (non-hydrogen) atoms. The maximum Gasteiger partial charge on any atom is 0.253 e. The van der Waals surface area contributed by atoms with Crippen LogP contribution in [0.4, 0.5) is 0 Å². The molecule has 94 valence electrons. The summed E-state index contributed by atoms with van der Waals surface area (Å²) in [7, 11) is 0. The molecule has 1 aromatic carbocycles. The van der Waals surface area contributed by atoms with E-state index in [0.29, 0.717) is 5.92 Å². The van der Waals surface area contributed by atoms with Gasteiger partial charge in [-0.3, -0.25) is 10.0 Å². The van der Waals surface area contributed by atoms with E-state index >= 15 is 0 Å².